The number of hydrogen-bond donors (Lipinski definition) is 3. The molecule has 1 aromatic heterocycles. The normalized spacial score (nSPS) is 11.5. The number of benzene rings is 2. The SMILES string of the molecule is C[NH+](C)CCNC(=O)c1ccccc1NS(=O)(=O)c1cccc2cccnc12. The maximum Gasteiger partial charge on any atom is 0.264 e. The molecule has 0 atom stereocenters. The Labute approximate surface area is 164 Å². The minimum absolute atomic E-state index is 0.0667. The molecule has 0 saturated heterocycles. The molecule has 2 aromatic carbocycles. The largest absolute Gasteiger partial charge is 0.346 e. The molecule has 7 nitrogen and oxygen atoms in total. The summed E-state index contributed by atoms with van der Waals surface area (Å²) in [5.41, 5.74) is 0.881. The molecular weight excluding hydrogens is 376 g/mol. The second kappa shape index (κ2) is 8.37. The fraction of sp³-hybridized carbons (Fsp3) is 0.200. The Morgan fingerprint density at radius 1 is 1.04 bits per heavy atom. The van der Waals surface area contributed by atoms with Crippen LogP contribution in [0.15, 0.2) is 65.7 Å². The molecule has 28 heavy (non-hydrogen) atoms. The lowest BCUT2D eigenvalue weighted by Gasteiger charge is -2.14. The number of quaternary nitrogens is 1. The molecule has 0 bridgehead atoms. The summed E-state index contributed by atoms with van der Waals surface area (Å²) in [6.07, 6.45) is 1.55. The number of carbonyl (C=O) groups is 1. The van der Waals surface area contributed by atoms with Crippen LogP contribution >= 0.6 is 0 Å². The molecule has 0 unspecified atom stereocenters. The van der Waals surface area contributed by atoms with Gasteiger partial charge in [0.15, 0.2) is 0 Å². The van der Waals surface area contributed by atoms with Gasteiger partial charge in [0.2, 0.25) is 0 Å². The van der Waals surface area contributed by atoms with Gasteiger partial charge in [-0.1, -0.05) is 30.3 Å². The summed E-state index contributed by atoms with van der Waals surface area (Å²) in [6.45, 7) is 1.26. The molecule has 0 fully saturated rings. The Hall–Kier alpha value is -2.97. The van der Waals surface area contributed by atoms with E-state index in [2.05, 4.69) is 15.0 Å². The van der Waals surface area contributed by atoms with Crippen LogP contribution in [0.4, 0.5) is 5.69 Å². The van der Waals surface area contributed by atoms with E-state index >= 15 is 0 Å². The molecule has 0 aliphatic heterocycles. The third-order valence-electron chi connectivity index (χ3n) is 4.21. The van der Waals surface area contributed by atoms with Crippen molar-refractivity contribution in [3.05, 3.63) is 66.4 Å². The highest BCUT2D eigenvalue weighted by Crippen LogP contribution is 2.24. The number of anilines is 1. The summed E-state index contributed by atoms with van der Waals surface area (Å²) in [5, 5.41) is 3.54. The Morgan fingerprint density at radius 2 is 1.79 bits per heavy atom. The summed E-state index contributed by atoms with van der Waals surface area (Å²) in [6, 6.07) is 15.1. The lowest BCUT2D eigenvalue weighted by Crippen LogP contribution is -3.06. The summed E-state index contributed by atoms with van der Waals surface area (Å²) < 4.78 is 28.6. The molecule has 0 aliphatic carbocycles. The molecule has 1 heterocycles. The highest BCUT2D eigenvalue weighted by molar-refractivity contribution is 7.93. The van der Waals surface area contributed by atoms with Crippen LogP contribution in [0.25, 0.3) is 10.9 Å². The van der Waals surface area contributed by atoms with Crippen LogP contribution < -0.4 is 14.9 Å². The molecule has 0 radical (unpaired) electrons. The number of pyridine rings is 1. The first-order chi connectivity index (χ1) is 13.4. The zero-order valence-electron chi connectivity index (χ0n) is 15.8. The van der Waals surface area contributed by atoms with Gasteiger partial charge in [0, 0.05) is 11.6 Å². The first-order valence-electron chi connectivity index (χ1n) is 8.91. The van der Waals surface area contributed by atoms with Gasteiger partial charge in [-0.15, -0.1) is 0 Å². The summed E-state index contributed by atoms with van der Waals surface area (Å²) >= 11 is 0. The van der Waals surface area contributed by atoms with E-state index < -0.39 is 10.0 Å². The number of nitrogens with zero attached hydrogens (tertiary/aromatic N) is 1. The van der Waals surface area contributed by atoms with Crippen LogP contribution in [-0.2, 0) is 10.0 Å². The molecule has 0 saturated carbocycles. The summed E-state index contributed by atoms with van der Waals surface area (Å²) in [5.74, 6) is -0.324. The second-order valence-corrected chi connectivity index (χ2v) is 8.35. The number of nitrogens with one attached hydrogen (secondary N) is 3. The van der Waals surface area contributed by atoms with Gasteiger partial charge in [0.25, 0.3) is 15.9 Å². The Morgan fingerprint density at radius 3 is 2.57 bits per heavy atom. The van der Waals surface area contributed by atoms with E-state index in [-0.39, 0.29) is 22.1 Å². The van der Waals surface area contributed by atoms with Crippen molar-refractivity contribution in [3.8, 4) is 0 Å². The van der Waals surface area contributed by atoms with E-state index in [0.29, 0.717) is 12.1 Å². The zero-order valence-corrected chi connectivity index (χ0v) is 16.6. The average Bonchev–Trinajstić information content (AvgIpc) is 2.67. The van der Waals surface area contributed by atoms with E-state index in [1.54, 1.807) is 54.7 Å². The molecule has 0 spiro atoms. The van der Waals surface area contributed by atoms with Crippen LogP contribution in [0, 0.1) is 0 Å². The Bertz CT molecular complexity index is 1090. The van der Waals surface area contributed by atoms with Crippen molar-refractivity contribution in [1.29, 1.82) is 0 Å². The van der Waals surface area contributed by atoms with Crippen LogP contribution in [0.2, 0.25) is 0 Å². The van der Waals surface area contributed by atoms with Crippen molar-refractivity contribution >= 4 is 32.5 Å². The van der Waals surface area contributed by atoms with Crippen molar-refractivity contribution < 1.29 is 18.1 Å². The van der Waals surface area contributed by atoms with Crippen molar-refractivity contribution in [2.45, 2.75) is 4.90 Å². The third-order valence-corrected chi connectivity index (χ3v) is 5.61. The molecule has 3 rings (SSSR count). The highest BCUT2D eigenvalue weighted by atomic mass is 32.2. The quantitative estimate of drug-likeness (QED) is 0.551. The topological polar surface area (TPSA) is 92.6 Å². The number of amides is 1. The predicted octanol–water partition coefficient (Wildman–Crippen LogP) is 0.910. The lowest BCUT2D eigenvalue weighted by atomic mass is 10.1. The van der Waals surface area contributed by atoms with Gasteiger partial charge in [-0.3, -0.25) is 14.5 Å². The predicted molar refractivity (Wildman–Crippen MR) is 109 cm³/mol. The van der Waals surface area contributed by atoms with E-state index in [1.165, 1.54) is 11.0 Å². The maximum absolute atomic E-state index is 13.0. The van der Waals surface area contributed by atoms with Gasteiger partial charge < -0.3 is 10.2 Å². The zero-order chi connectivity index (χ0) is 20.1. The van der Waals surface area contributed by atoms with E-state index in [1.807, 2.05) is 14.1 Å². The molecule has 146 valence electrons. The Balaban J connectivity index is 1.90. The fourth-order valence-corrected chi connectivity index (χ4v) is 4.04. The maximum atomic E-state index is 13.0. The number of hydrogen-bond acceptors (Lipinski definition) is 4. The fourth-order valence-electron chi connectivity index (χ4n) is 2.78. The van der Waals surface area contributed by atoms with Gasteiger partial charge in [0.05, 0.1) is 44.0 Å². The van der Waals surface area contributed by atoms with Gasteiger partial charge in [-0.05, 0) is 24.3 Å². The summed E-state index contributed by atoms with van der Waals surface area (Å²) in [7, 11) is 0.0585. The van der Waals surface area contributed by atoms with Crippen LogP contribution in [0.3, 0.4) is 0 Å². The van der Waals surface area contributed by atoms with Gasteiger partial charge in [-0.2, -0.15) is 0 Å². The van der Waals surface area contributed by atoms with E-state index in [9.17, 15) is 13.2 Å². The monoisotopic (exact) mass is 399 g/mol. The number of fused-ring (bicyclic) bond motifs is 1. The third kappa shape index (κ3) is 4.47. The number of likely N-dealkylation sites (N-methyl/N-ethyl adjacent to an activating group) is 1. The Kier molecular flexibility index (Phi) is 5.91. The number of carbonyl (C=O) groups excluding carboxylic acids is 1. The molecule has 0 aliphatic rings. The molecule has 1 amide bonds. The number of sulfonamides is 1. The van der Waals surface area contributed by atoms with Crippen molar-refractivity contribution in [1.82, 2.24) is 10.3 Å². The average molecular weight is 399 g/mol. The lowest BCUT2D eigenvalue weighted by molar-refractivity contribution is -0.856. The van der Waals surface area contributed by atoms with Gasteiger partial charge in [0.1, 0.15) is 4.90 Å². The first kappa shape index (κ1) is 19.8. The molecule has 3 aromatic rings. The smallest absolute Gasteiger partial charge is 0.264 e. The second-order valence-electron chi connectivity index (χ2n) is 6.70. The van der Waals surface area contributed by atoms with Crippen LogP contribution in [0.1, 0.15) is 10.4 Å². The highest BCUT2D eigenvalue weighted by Gasteiger charge is 2.21. The van der Waals surface area contributed by atoms with Crippen molar-refractivity contribution in [3.63, 3.8) is 0 Å². The number of rotatable bonds is 7. The molecule has 8 heteroatoms. The standard InChI is InChI=1S/C20H22N4O3S/c1-24(2)14-13-22-20(25)16-9-3-4-10-17(16)23-28(26,27)18-11-5-7-15-8-6-12-21-19(15)18/h3-12,23H,13-14H2,1-2H3,(H,22,25)/p+1. The summed E-state index contributed by atoms with van der Waals surface area (Å²) in [4.78, 5) is 18.0. The van der Waals surface area contributed by atoms with Gasteiger partial charge in [-0.25, -0.2) is 8.42 Å². The van der Waals surface area contributed by atoms with Crippen LogP contribution in [-0.4, -0.2) is 46.5 Å². The number of aromatic nitrogens is 1. The van der Waals surface area contributed by atoms with Crippen LogP contribution in [0.5, 0.6) is 0 Å². The van der Waals surface area contributed by atoms with Crippen molar-refractivity contribution in [2.75, 3.05) is 31.9 Å². The minimum atomic E-state index is -3.93. The van der Waals surface area contributed by atoms with Gasteiger partial charge >= 0.3 is 0 Å². The minimum Gasteiger partial charge on any atom is -0.346 e. The molecule has 3 N–H and O–H groups in total. The van der Waals surface area contributed by atoms with Crippen molar-refractivity contribution in [2.24, 2.45) is 0 Å². The molecular formula is C20H23N4O3S+. The number of para-hydroxylation sites is 2. The van der Waals surface area contributed by atoms with E-state index in [0.717, 1.165) is 11.9 Å². The first-order valence-corrected chi connectivity index (χ1v) is 10.4. The van der Waals surface area contributed by atoms with E-state index in [4.69, 9.17) is 0 Å².